The van der Waals surface area contributed by atoms with Crippen molar-refractivity contribution in [3.8, 4) is 38.8 Å². The van der Waals surface area contributed by atoms with Crippen LogP contribution in [-0.2, 0) is 0 Å². The predicted octanol–water partition coefficient (Wildman–Crippen LogP) is 7.00. The van der Waals surface area contributed by atoms with Crippen LogP contribution in [0.1, 0.15) is 32.1 Å². The molecule has 1 aliphatic rings. The average Bonchev–Trinajstić information content (AvgIpc) is 3.68. The van der Waals surface area contributed by atoms with E-state index in [1.807, 2.05) is 24.7 Å². The molecule has 1 saturated carbocycles. The van der Waals surface area contributed by atoms with Crippen LogP contribution in [0.2, 0.25) is 0 Å². The van der Waals surface area contributed by atoms with E-state index in [1.165, 1.54) is 29.7 Å². The molecule has 0 aromatic carbocycles. The summed E-state index contributed by atoms with van der Waals surface area (Å²) in [5.41, 5.74) is 6.40. The number of thiophene rings is 1. The highest BCUT2D eigenvalue weighted by molar-refractivity contribution is 7.13. The molecule has 0 saturated heterocycles. The quantitative estimate of drug-likeness (QED) is 0.270. The normalized spacial score (nSPS) is 14.6. The number of fused-ring (bicyclic) bond motifs is 2. The first-order valence-electron chi connectivity index (χ1n) is 12.3. The minimum absolute atomic E-state index is 0.279. The molecule has 0 unspecified atom stereocenters. The van der Waals surface area contributed by atoms with Crippen LogP contribution < -0.4 is 4.74 Å². The van der Waals surface area contributed by atoms with Crippen molar-refractivity contribution in [2.24, 2.45) is 0 Å². The lowest BCUT2D eigenvalue weighted by Crippen LogP contribution is -2.19. The second-order valence-corrected chi connectivity index (χ2v) is 10.2. The number of aromatic nitrogens is 6. The lowest BCUT2D eigenvalue weighted by atomic mass is 9.98. The van der Waals surface area contributed by atoms with Gasteiger partial charge in [0.2, 0.25) is 0 Å². The topological polar surface area (TPSA) is 92.4 Å². The maximum absolute atomic E-state index is 6.24. The molecule has 0 bridgehead atoms. The molecule has 0 spiro atoms. The van der Waals surface area contributed by atoms with Crippen LogP contribution in [0.3, 0.4) is 0 Å². The first kappa shape index (κ1) is 21.3. The van der Waals surface area contributed by atoms with E-state index < -0.39 is 0 Å². The molecular formula is C28H24N6OS. The standard InChI is InChI=1S/C28H24N6OS/c1-2-5-18(6-3-1)35-19-11-17(14-29-15-19)23-13-22-25(16-31-23)33-34-27(22)24-12-21-20(26-7-4-10-36-26)8-9-30-28(21)32-24/h4,7-16,18H,1-3,5-6H2,(H,30,32)(H,33,34). The molecule has 0 amide bonds. The molecule has 6 heterocycles. The Balaban J connectivity index is 1.26. The molecule has 6 aromatic rings. The maximum Gasteiger partial charge on any atom is 0.138 e. The predicted molar refractivity (Wildman–Crippen MR) is 143 cm³/mol. The van der Waals surface area contributed by atoms with Crippen molar-refractivity contribution in [1.82, 2.24) is 30.1 Å². The summed E-state index contributed by atoms with van der Waals surface area (Å²) < 4.78 is 6.24. The van der Waals surface area contributed by atoms with E-state index >= 15 is 0 Å². The van der Waals surface area contributed by atoms with Crippen molar-refractivity contribution in [3.05, 3.63) is 66.6 Å². The summed E-state index contributed by atoms with van der Waals surface area (Å²) >= 11 is 1.72. The Hall–Kier alpha value is -4.04. The highest BCUT2D eigenvalue weighted by Gasteiger charge is 2.17. The van der Waals surface area contributed by atoms with Gasteiger partial charge in [-0.15, -0.1) is 11.3 Å². The molecule has 7 rings (SSSR count). The van der Waals surface area contributed by atoms with E-state index in [0.717, 1.165) is 63.2 Å². The third-order valence-corrected chi connectivity index (χ3v) is 7.79. The number of hydrogen-bond donors (Lipinski definition) is 2. The molecule has 0 aliphatic heterocycles. The van der Waals surface area contributed by atoms with Gasteiger partial charge in [-0.3, -0.25) is 15.1 Å². The third-order valence-electron chi connectivity index (χ3n) is 6.88. The Morgan fingerprint density at radius 3 is 2.78 bits per heavy atom. The summed E-state index contributed by atoms with van der Waals surface area (Å²) in [6.45, 7) is 0. The lowest BCUT2D eigenvalue weighted by molar-refractivity contribution is 0.154. The molecule has 7 nitrogen and oxygen atoms in total. The van der Waals surface area contributed by atoms with Gasteiger partial charge in [0.15, 0.2) is 0 Å². The largest absolute Gasteiger partial charge is 0.489 e. The van der Waals surface area contributed by atoms with Gasteiger partial charge in [0.25, 0.3) is 0 Å². The fraction of sp³-hybridized carbons (Fsp3) is 0.214. The van der Waals surface area contributed by atoms with Crippen LogP contribution in [0.4, 0.5) is 0 Å². The van der Waals surface area contributed by atoms with Crippen LogP contribution >= 0.6 is 11.3 Å². The van der Waals surface area contributed by atoms with Crippen LogP contribution in [0.25, 0.3) is 55.0 Å². The van der Waals surface area contributed by atoms with E-state index in [2.05, 4.69) is 65.8 Å². The van der Waals surface area contributed by atoms with E-state index in [4.69, 9.17) is 4.74 Å². The highest BCUT2D eigenvalue weighted by atomic mass is 32.1. The summed E-state index contributed by atoms with van der Waals surface area (Å²) in [5, 5.41) is 11.9. The number of H-pyrrole nitrogens is 2. The Labute approximate surface area is 211 Å². The van der Waals surface area contributed by atoms with Crippen LogP contribution in [0.15, 0.2) is 66.6 Å². The number of nitrogens with one attached hydrogen (secondary N) is 2. The molecule has 2 N–H and O–H groups in total. The molecule has 1 fully saturated rings. The number of hydrogen-bond acceptors (Lipinski definition) is 6. The van der Waals surface area contributed by atoms with Gasteiger partial charge in [0.1, 0.15) is 17.1 Å². The fourth-order valence-corrected chi connectivity index (χ4v) is 5.85. The van der Waals surface area contributed by atoms with Crippen LogP contribution in [0.5, 0.6) is 5.75 Å². The van der Waals surface area contributed by atoms with Gasteiger partial charge in [0.05, 0.1) is 35.4 Å². The van der Waals surface area contributed by atoms with E-state index in [9.17, 15) is 0 Å². The molecule has 6 aromatic heterocycles. The summed E-state index contributed by atoms with van der Waals surface area (Å²) in [7, 11) is 0. The van der Waals surface area contributed by atoms with Gasteiger partial charge in [-0.05, 0) is 61.4 Å². The molecular weight excluding hydrogens is 468 g/mol. The second-order valence-electron chi connectivity index (χ2n) is 9.26. The zero-order chi connectivity index (χ0) is 23.9. The van der Waals surface area contributed by atoms with Crippen molar-refractivity contribution in [2.75, 3.05) is 0 Å². The first-order valence-corrected chi connectivity index (χ1v) is 13.2. The minimum Gasteiger partial charge on any atom is -0.489 e. The number of ether oxygens (including phenoxy) is 1. The summed E-state index contributed by atoms with van der Waals surface area (Å²) in [5.74, 6) is 0.802. The van der Waals surface area contributed by atoms with Crippen molar-refractivity contribution < 1.29 is 4.74 Å². The molecule has 0 atom stereocenters. The summed E-state index contributed by atoms with van der Waals surface area (Å²) in [6, 6.07) is 12.5. The average molecular weight is 493 g/mol. The second kappa shape index (κ2) is 8.87. The molecule has 178 valence electrons. The van der Waals surface area contributed by atoms with Crippen molar-refractivity contribution >= 4 is 33.3 Å². The van der Waals surface area contributed by atoms with E-state index in [0.29, 0.717) is 0 Å². The SMILES string of the molecule is c1csc(-c2ccnc3[nH]c(-c4n[nH]c5cnc(-c6cncc(OC7CCCCC7)c6)cc45)cc23)c1. The van der Waals surface area contributed by atoms with Gasteiger partial charge < -0.3 is 9.72 Å². The third kappa shape index (κ3) is 3.83. The molecule has 36 heavy (non-hydrogen) atoms. The Bertz CT molecular complexity index is 1660. The van der Waals surface area contributed by atoms with Gasteiger partial charge in [-0.25, -0.2) is 4.98 Å². The number of rotatable bonds is 5. The Morgan fingerprint density at radius 2 is 1.89 bits per heavy atom. The monoisotopic (exact) mass is 492 g/mol. The van der Waals surface area contributed by atoms with Crippen LogP contribution in [-0.4, -0.2) is 36.2 Å². The van der Waals surface area contributed by atoms with E-state index in [-0.39, 0.29) is 6.10 Å². The summed E-state index contributed by atoms with van der Waals surface area (Å²) in [6.07, 6.45) is 13.6. The minimum atomic E-state index is 0.279. The highest BCUT2D eigenvalue weighted by Crippen LogP contribution is 2.35. The summed E-state index contributed by atoms with van der Waals surface area (Å²) in [4.78, 5) is 18.4. The zero-order valence-electron chi connectivity index (χ0n) is 19.6. The number of aromatic amines is 2. The number of nitrogens with zero attached hydrogens (tertiary/aromatic N) is 4. The van der Waals surface area contributed by atoms with Crippen molar-refractivity contribution in [2.45, 2.75) is 38.2 Å². The first-order chi connectivity index (χ1) is 17.8. The van der Waals surface area contributed by atoms with E-state index in [1.54, 1.807) is 17.5 Å². The molecule has 8 heteroatoms. The van der Waals surface area contributed by atoms with Gasteiger partial charge >= 0.3 is 0 Å². The fourth-order valence-electron chi connectivity index (χ4n) is 5.08. The van der Waals surface area contributed by atoms with Gasteiger partial charge in [0, 0.05) is 39.2 Å². The maximum atomic E-state index is 6.24. The molecule has 0 radical (unpaired) electrons. The smallest absolute Gasteiger partial charge is 0.138 e. The van der Waals surface area contributed by atoms with Crippen molar-refractivity contribution in [3.63, 3.8) is 0 Å². The van der Waals surface area contributed by atoms with Gasteiger partial charge in [-0.1, -0.05) is 12.5 Å². The Kier molecular flexibility index (Phi) is 5.24. The van der Waals surface area contributed by atoms with Crippen molar-refractivity contribution in [1.29, 1.82) is 0 Å². The Morgan fingerprint density at radius 1 is 0.944 bits per heavy atom. The van der Waals surface area contributed by atoms with Gasteiger partial charge in [-0.2, -0.15) is 5.10 Å². The number of pyridine rings is 3. The lowest BCUT2D eigenvalue weighted by Gasteiger charge is -2.22. The van der Waals surface area contributed by atoms with Crippen LogP contribution in [0, 0.1) is 0 Å². The zero-order valence-corrected chi connectivity index (χ0v) is 20.4. The molecule has 1 aliphatic carbocycles.